The monoisotopic (exact) mass is 291 g/mol. The summed E-state index contributed by atoms with van der Waals surface area (Å²) < 4.78 is 5.35. The Hall–Kier alpha value is -2.08. The first-order valence-corrected chi connectivity index (χ1v) is 6.87. The molecule has 6 heteroatoms. The number of rotatable bonds is 5. The van der Waals surface area contributed by atoms with Gasteiger partial charge in [-0.1, -0.05) is 6.07 Å². The molecule has 1 fully saturated rings. The highest BCUT2D eigenvalue weighted by Gasteiger charge is 2.28. The lowest BCUT2D eigenvalue weighted by Gasteiger charge is -2.32. The number of ether oxygens (including phenoxy) is 1. The van der Waals surface area contributed by atoms with Crippen LogP contribution in [-0.2, 0) is 22.7 Å². The van der Waals surface area contributed by atoms with Crippen LogP contribution in [0.5, 0.6) is 5.75 Å². The Balaban J connectivity index is 2.19. The molecule has 0 bridgehead atoms. The number of hydrogen-bond acceptors (Lipinski definition) is 4. The van der Waals surface area contributed by atoms with Gasteiger partial charge in [-0.3, -0.25) is 9.59 Å². The zero-order chi connectivity index (χ0) is 15.4. The van der Waals surface area contributed by atoms with Crippen molar-refractivity contribution in [1.29, 1.82) is 0 Å². The van der Waals surface area contributed by atoms with E-state index in [1.165, 1.54) is 4.90 Å². The summed E-state index contributed by atoms with van der Waals surface area (Å²) in [7, 11) is 5.13. The van der Waals surface area contributed by atoms with E-state index in [9.17, 15) is 9.59 Å². The number of methoxy groups -OCH3 is 1. The maximum atomic E-state index is 12.0. The molecule has 0 aliphatic carbocycles. The van der Waals surface area contributed by atoms with Crippen LogP contribution in [0.1, 0.15) is 11.1 Å². The number of likely N-dealkylation sites (N-methyl/N-ethyl adjacent to an activating group) is 1. The highest BCUT2D eigenvalue weighted by atomic mass is 16.5. The molecule has 0 atom stereocenters. The molecule has 1 aromatic carbocycles. The van der Waals surface area contributed by atoms with Gasteiger partial charge in [0.2, 0.25) is 11.8 Å². The molecule has 0 aromatic heterocycles. The van der Waals surface area contributed by atoms with Crippen molar-refractivity contribution in [3.8, 4) is 5.75 Å². The van der Waals surface area contributed by atoms with Gasteiger partial charge in [0.15, 0.2) is 0 Å². The summed E-state index contributed by atoms with van der Waals surface area (Å²) in [5, 5.41) is 3.09. The van der Waals surface area contributed by atoms with Crippen molar-refractivity contribution in [3.63, 3.8) is 0 Å². The summed E-state index contributed by atoms with van der Waals surface area (Å²) in [5.74, 6) is 0.646. The number of carbonyl (C=O) groups excluding carboxylic acids is 2. The Labute approximate surface area is 124 Å². The average molecular weight is 291 g/mol. The fourth-order valence-electron chi connectivity index (χ4n) is 2.38. The topological polar surface area (TPSA) is 61.9 Å². The summed E-state index contributed by atoms with van der Waals surface area (Å²) >= 11 is 0. The average Bonchev–Trinajstić information content (AvgIpc) is 2.45. The molecule has 1 heterocycles. The summed E-state index contributed by atoms with van der Waals surface area (Å²) in [5.41, 5.74) is 2.03. The molecule has 2 amide bonds. The summed E-state index contributed by atoms with van der Waals surface area (Å²) in [6.45, 7) is 1.39. The van der Waals surface area contributed by atoms with Gasteiger partial charge in [0.1, 0.15) is 12.3 Å². The van der Waals surface area contributed by atoms with E-state index < -0.39 is 0 Å². The van der Waals surface area contributed by atoms with Crippen molar-refractivity contribution in [2.24, 2.45) is 0 Å². The third-order valence-corrected chi connectivity index (χ3v) is 3.56. The molecule has 0 saturated carbocycles. The number of piperazine rings is 1. The quantitative estimate of drug-likeness (QED) is 0.843. The van der Waals surface area contributed by atoms with Gasteiger partial charge in [-0.25, -0.2) is 0 Å². The van der Waals surface area contributed by atoms with E-state index in [0.717, 1.165) is 23.4 Å². The zero-order valence-corrected chi connectivity index (χ0v) is 12.7. The van der Waals surface area contributed by atoms with Crippen LogP contribution in [0.3, 0.4) is 0 Å². The van der Waals surface area contributed by atoms with E-state index in [2.05, 4.69) is 5.32 Å². The summed E-state index contributed by atoms with van der Waals surface area (Å²) in [4.78, 5) is 26.8. The molecule has 0 unspecified atom stereocenters. The third kappa shape index (κ3) is 3.52. The fourth-order valence-corrected chi connectivity index (χ4v) is 2.38. The molecule has 1 aromatic rings. The largest absolute Gasteiger partial charge is 0.496 e. The van der Waals surface area contributed by atoms with E-state index in [0.29, 0.717) is 6.54 Å². The van der Waals surface area contributed by atoms with Crippen molar-refractivity contribution in [1.82, 2.24) is 15.1 Å². The van der Waals surface area contributed by atoms with Crippen molar-refractivity contribution in [2.75, 3.05) is 34.3 Å². The predicted molar refractivity (Wildman–Crippen MR) is 78.8 cm³/mol. The molecule has 114 valence electrons. The van der Waals surface area contributed by atoms with E-state index in [1.54, 1.807) is 19.1 Å². The highest BCUT2D eigenvalue weighted by Crippen LogP contribution is 2.22. The van der Waals surface area contributed by atoms with Gasteiger partial charge in [-0.05, 0) is 24.7 Å². The molecule has 1 N–H and O–H groups in total. The molecular weight excluding hydrogens is 270 g/mol. The van der Waals surface area contributed by atoms with Gasteiger partial charge >= 0.3 is 0 Å². The van der Waals surface area contributed by atoms with Crippen LogP contribution in [0, 0.1) is 0 Å². The van der Waals surface area contributed by atoms with E-state index in [4.69, 9.17) is 4.74 Å². The molecule has 1 aliphatic heterocycles. The predicted octanol–water partition coefficient (Wildman–Crippen LogP) is 0.215. The number of carbonyl (C=O) groups is 2. The van der Waals surface area contributed by atoms with Crippen LogP contribution < -0.4 is 10.1 Å². The van der Waals surface area contributed by atoms with E-state index >= 15 is 0 Å². The van der Waals surface area contributed by atoms with Crippen LogP contribution >= 0.6 is 0 Å². The molecule has 0 spiro atoms. The molecule has 2 rings (SSSR count). The number of nitrogens with zero attached hydrogens (tertiary/aromatic N) is 2. The second-order valence-corrected chi connectivity index (χ2v) is 5.18. The lowest BCUT2D eigenvalue weighted by Crippen LogP contribution is -2.51. The van der Waals surface area contributed by atoms with Gasteiger partial charge in [0.25, 0.3) is 0 Å². The van der Waals surface area contributed by atoms with Crippen LogP contribution in [0.2, 0.25) is 0 Å². The smallest absolute Gasteiger partial charge is 0.242 e. The van der Waals surface area contributed by atoms with Crippen LogP contribution in [-0.4, -0.2) is 55.9 Å². The maximum Gasteiger partial charge on any atom is 0.242 e. The fraction of sp³-hybridized carbons (Fsp3) is 0.467. The first-order valence-electron chi connectivity index (χ1n) is 6.87. The number of nitrogens with one attached hydrogen (secondary N) is 1. The Bertz CT molecular complexity index is 545. The summed E-state index contributed by atoms with van der Waals surface area (Å²) in [6.07, 6.45) is 0. The second kappa shape index (κ2) is 6.58. The Morgan fingerprint density at radius 2 is 2.00 bits per heavy atom. The zero-order valence-electron chi connectivity index (χ0n) is 12.7. The lowest BCUT2D eigenvalue weighted by molar-refractivity contribution is -0.149. The second-order valence-electron chi connectivity index (χ2n) is 5.18. The molecular formula is C15H21N3O3. The molecule has 21 heavy (non-hydrogen) atoms. The SMILES string of the molecule is CNCc1ccc(OC)c(CN2CC(=O)N(C)CC2=O)c1. The van der Waals surface area contributed by atoms with Gasteiger partial charge in [-0.2, -0.15) is 0 Å². The highest BCUT2D eigenvalue weighted by molar-refractivity contribution is 5.92. The van der Waals surface area contributed by atoms with Crippen molar-refractivity contribution >= 4 is 11.8 Å². The van der Waals surface area contributed by atoms with Gasteiger partial charge in [-0.15, -0.1) is 0 Å². The standard InChI is InChI=1S/C15H21N3O3/c1-16-7-11-4-5-13(21-3)12(6-11)8-18-10-14(19)17(2)9-15(18)20/h4-6,16H,7-10H2,1-3H3. The van der Waals surface area contributed by atoms with Gasteiger partial charge < -0.3 is 19.9 Å². The molecule has 0 radical (unpaired) electrons. The van der Waals surface area contributed by atoms with Crippen LogP contribution in [0.25, 0.3) is 0 Å². The van der Waals surface area contributed by atoms with E-state index in [1.807, 2.05) is 25.2 Å². The van der Waals surface area contributed by atoms with E-state index in [-0.39, 0.29) is 24.9 Å². The molecule has 6 nitrogen and oxygen atoms in total. The first-order chi connectivity index (χ1) is 10.0. The maximum absolute atomic E-state index is 12.0. The minimum absolute atomic E-state index is 0.0417. The third-order valence-electron chi connectivity index (χ3n) is 3.56. The Morgan fingerprint density at radius 3 is 2.67 bits per heavy atom. The first kappa shape index (κ1) is 15.3. The Morgan fingerprint density at radius 1 is 1.24 bits per heavy atom. The minimum Gasteiger partial charge on any atom is -0.496 e. The van der Waals surface area contributed by atoms with Crippen LogP contribution in [0.4, 0.5) is 0 Å². The lowest BCUT2D eigenvalue weighted by atomic mass is 10.1. The van der Waals surface area contributed by atoms with Crippen molar-refractivity contribution in [2.45, 2.75) is 13.1 Å². The minimum atomic E-state index is -0.0434. The van der Waals surface area contributed by atoms with Gasteiger partial charge in [0, 0.05) is 25.7 Å². The van der Waals surface area contributed by atoms with Crippen molar-refractivity contribution < 1.29 is 14.3 Å². The summed E-state index contributed by atoms with van der Waals surface area (Å²) in [6, 6.07) is 5.88. The molecule has 1 saturated heterocycles. The van der Waals surface area contributed by atoms with Crippen LogP contribution in [0.15, 0.2) is 18.2 Å². The number of benzene rings is 1. The van der Waals surface area contributed by atoms with Gasteiger partial charge in [0.05, 0.1) is 13.7 Å². The normalized spacial score (nSPS) is 15.6. The number of hydrogen-bond donors (Lipinski definition) is 1. The number of amides is 2. The Kier molecular flexibility index (Phi) is 4.80. The van der Waals surface area contributed by atoms with Crippen molar-refractivity contribution in [3.05, 3.63) is 29.3 Å². The molecule has 1 aliphatic rings.